The van der Waals surface area contributed by atoms with E-state index in [-0.39, 0.29) is 5.60 Å². The Balaban J connectivity index is 2.75. The highest BCUT2D eigenvalue weighted by atomic mass is 35.5. The molecule has 3 heteroatoms. The number of rotatable bonds is 0. The quantitative estimate of drug-likeness (QED) is 0.522. The smallest absolute Gasteiger partial charge is 0.189 e. The standard InChI is InChI=1S/C6H9ClO2/c1-6(2)5(3-7)8-4-9-6/h3H,4H2,1-2H3/b5-3-. The highest BCUT2D eigenvalue weighted by molar-refractivity contribution is 6.25. The minimum absolute atomic E-state index is 0.311. The maximum atomic E-state index is 5.43. The Labute approximate surface area is 59.4 Å². The number of halogens is 1. The second-order valence-electron chi connectivity index (χ2n) is 2.39. The third-order valence-corrected chi connectivity index (χ3v) is 1.52. The molecule has 0 amide bonds. The van der Waals surface area contributed by atoms with Crippen LogP contribution in [0.15, 0.2) is 11.3 Å². The van der Waals surface area contributed by atoms with E-state index in [0.29, 0.717) is 12.6 Å². The van der Waals surface area contributed by atoms with Gasteiger partial charge < -0.3 is 9.47 Å². The Hall–Kier alpha value is -0.210. The van der Waals surface area contributed by atoms with Crippen LogP contribution in [0, 0.1) is 0 Å². The molecule has 0 spiro atoms. The Morgan fingerprint density at radius 2 is 2.33 bits per heavy atom. The van der Waals surface area contributed by atoms with Gasteiger partial charge in [-0.2, -0.15) is 0 Å². The summed E-state index contributed by atoms with van der Waals surface area (Å²) in [5, 5.41) is 0. The van der Waals surface area contributed by atoms with Crippen LogP contribution in [0.5, 0.6) is 0 Å². The number of ether oxygens (including phenoxy) is 2. The third-order valence-electron chi connectivity index (χ3n) is 1.33. The van der Waals surface area contributed by atoms with E-state index in [0.717, 1.165) is 0 Å². The molecule has 1 aliphatic heterocycles. The van der Waals surface area contributed by atoms with E-state index in [1.54, 1.807) is 0 Å². The molecular weight excluding hydrogens is 140 g/mol. The number of hydrogen-bond donors (Lipinski definition) is 0. The van der Waals surface area contributed by atoms with Gasteiger partial charge in [0.25, 0.3) is 0 Å². The van der Waals surface area contributed by atoms with Crippen molar-refractivity contribution in [2.24, 2.45) is 0 Å². The van der Waals surface area contributed by atoms with E-state index in [1.807, 2.05) is 13.8 Å². The van der Waals surface area contributed by atoms with Gasteiger partial charge in [0.15, 0.2) is 6.79 Å². The lowest BCUT2D eigenvalue weighted by atomic mass is 10.1. The van der Waals surface area contributed by atoms with E-state index >= 15 is 0 Å². The molecule has 52 valence electrons. The van der Waals surface area contributed by atoms with Crippen molar-refractivity contribution in [2.45, 2.75) is 19.4 Å². The molecule has 0 aromatic rings. The normalized spacial score (nSPS) is 28.6. The molecule has 0 radical (unpaired) electrons. The molecule has 0 N–H and O–H groups in total. The first-order valence-corrected chi connectivity index (χ1v) is 3.18. The van der Waals surface area contributed by atoms with Crippen molar-refractivity contribution in [1.29, 1.82) is 0 Å². The average molecular weight is 149 g/mol. The third kappa shape index (κ3) is 1.19. The minimum atomic E-state index is -0.332. The van der Waals surface area contributed by atoms with Gasteiger partial charge in [-0.05, 0) is 13.8 Å². The molecule has 0 saturated carbocycles. The summed E-state index contributed by atoms with van der Waals surface area (Å²) in [6.07, 6.45) is 0. The second kappa shape index (κ2) is 2.20. The lowest BCUT2D eigenvalue weighted by Gasteiger charge is -2.13. The predicted molar refractivity (Wildman–Crippen MR) is 35.1 cm³/mol. The van der Waals surface area contributed by atoms with Gasteiger partial charge in [0.1, 0.15) is 11.4 Å². The molecule has 2 nitrogen and oxygen atoms in total. The van der Waals surface area contributed by atoms with Crippen molar-refractivity contribution in [3.63, 3.8) is 0 Å². The number of hydrogen-bond acceptors (Lipinski definition) is 2. The average Bonchev–Trinajstić information content (AvgIpc) is 2.08. The summed E-state index contributed by atoms with van der Waals surface area (Å²) in [5.74, 6) is 0.698. The van der Waals surface area contributed by atoms with Crippen LogP contribution in [-0.2, 0) is 9.47 Å². The summed E-state index contributed by atoms with van der Waals surface area (Å²) >= 11 is 5.43. The molecule has 0 aromatic carbocycles. The summed E-state index contributed by atoms with van der Waals surface area (Å²) in [6, 6.07) is 0. The fourth-order valence-corrected chi connectivity index (χ4v) is 0.974. The van der Waals surface area contributed by atoms with Crippen LogP contribution >= 0.6 is 11.6 Å². The Morgan fingerprint density at radius 3 is 2.56 bits per heavy atom. The van der Waals surface area contributed by atoms with Gasteiger partial charge in [0, 0.05) is 5.54 Å². The maximum Gasteiger partial charge on any atom is 0.189 e. The first kappa shape index (κ1) is 6.90. The minimum Gasteiger partial charge on any atom is -0.468 e. The molecule has 1 aliphatic rings. The van der Waals surface area contributed by atoms with Crippen LogP contribution in [0.1, 0.15) is 13.8 Å². The molecule has 1 rings (SSSR count). The molecule has 1 fully saturated rings. The zero-order valence-corrected chi connectivity index (χ0v) is 6.23. The first-order chi connectivity index (χ1) is 4.17. The van der Waals surface area contributed by atoms with Gasteiger partial charge in [-0.1, -0.05) is 11.6 Å². The van der Waals surface area contributed by atoms with Crippen molar-refractivity contribution < 1.29 is 9.47 Å². The molecular formula is C6H9ClO2. The molecule has 1 saturated heterocycles. The zero-order valence-electron chi connectivity index (χ0n) is 5.48. The summed E-state index contributed by atoms with van der Waals surface area (Å²) in [6.45, 7) is 4.13. The fourth-order valence-electron chi connectivity index (χ4n) is 0.648. The summed E-state index contributed by atoms with van der Waals surface area (Å²) in [4.78, 5) is 0. The first-order valence-electron chi connectivity index (χ1n) is 2.74. The van der Waals surface area contributed by atoms with Crippen molar-refractivity contribution in [2.75, 3.05) is 6.79 Å². The van der Waals surface area contributed by atoms with E-state index in [9.17, 15) is 0 Å². The molecule has 9 heavy (non-hydrogen) atoms. The zero-order chi connectivity index (χ0) is 6.91. The lowest BCUT2D eigenvalue weighted by Crippen LogP contribution is -2.19. The molecule has 0 unspecified atom stereocenters. The summed E-state index contributed by atoms with van der Waals surface area (Å²) in [5.41, 5.74) is 1.08. The van der Waals surface area contributed by atoms with Crippen LogP contribution in [0.25, 0.3) is 0 Å². The van der Waals surface area contributed by atoms with E-state index in [2.05, 4.69) is 0 Å². The van der Waals surface area contributed by atoms with Crippen LogP contribution in [-0.4, -0.2) is 12.4 Å². The van der Waals surface area contributed by atoms with Crippen LogP contribution in [0.2, 0.25) is 0 Å². The Bertz CT molecular complexity index is 140. The monoisotopic (exact) mass is 148 g/mol. The summed E-state index contributed by atoms with van der Waals surface area (Å²) in [7, 11) is 0. The second-order valence-corrected chi connectivity index (χ2v) is 2.61. The summed E-state index contributed by atoms with van der Waals surface area (Å²) < 4.78 is 10.2. The van der Waals surface area contributed by atoms with Crippen molar-refractivity contribution >= 4 is 11.6 Å². The highest BCUT2D eigenvalue weighted by Crippen LogP contribution is 2.28. The van der Waals surface area contributed by atoms with Gasteiger partial charge in [0.05, 0.1) is 0 Å². The maximum absolute atomic E-state index is 5.43. The van der Waals surface area contributed by atoms with Crippen molar-refractivity contribution in [3.8, 4) is 0 Å². The van der Waals surface area contributed by atoms with Gasteiger partial charge in [0.2, 0.25) is 0 Å². The fraction of sp³-hybridized carbons (Fsp3) is 0.667. The van der Waals surface area contributed by atoms with Gasteiger partial charge in [-0.3, -0.25) is 0 Å². The van der Waals surface area contributed by atoms with Gasteiger partial charge in [-0.15, -0.1) is 0 Å². The van der Waals surface area contributed by atoms with E-state index in [4.69, 9.17) is 21.1 Å². The van der Waals surface area contributed by atoms with E-state index in [1.165, 1.54) is 5.54 Å². The lowest BCUT2D eigenvalue weighted by molar-refractivity contribution is 0.0121. The molecule has 0 aromatic heterocycles. The molecule has 0 atom stereocenters. The Kier molecular flexibility index (Phi) is 1.68. The molecule has 0 aliphatic carbocycles. The highest BCUT2D eigenvalue weighted by Gasteiger charge is 2.31. The van der Waals surface area contributed by atoms with Gasteiger partial charge in [-0.25, -0.2) is 0 Å². The van der Waals surface area contributed by atoms with Gasteiger partial charge >= 0.3 is 0 Å². The Morgan fingerprint density at radius 1 is 1.67 bits per heavy atom. The van der Waals surface area contributed by atoms with Crippen LogP contribution in [0.4, 0.5) is 0 Å². The SMILES string of the molecule is CC1(C)OCO/C1=C\Cl. The molecule has 1 heterocycles. The predicted octanol–water partition coefficient (Wildman–Crippen LogP) is 1.85. The topological polar surface area (TPSA) is 18.5 Å². The van der Waals surface area contributed by atoms with Crippen LogP contribution in [0.3, 0.4) is 0 Å². The largest absolute Gasteiger partial charge is 0.468 e. The van der Waals surface area contributed by atoms with Crippen molar-refractivity contribution in [3.05, 3.63) is 11.3 Å². The van der Waals surface area contributed by atoms with E-state index < -0.39 is 0 Å². The van der Waals surface area contributed by atoms with Crippen molar-refractivity contribution in [1.82, 2.24) is 0 Å². The molecule has 0 bridgehead atoms. The van der Waals surface area contributed by atoms with Crippen LogP contribution < -0.4 is 0 Å².